The Morgan fingerprint density at radius 1 is 1.08 bits per heavy atom. The Labute approximate surface area is 205 Å². The average Bonchev–Trinajstić information content (AvgIpc) is 3.07. The molecule has 36 heavy (non-hydrogen) atoms. The summed E-state index contributed by atoms with van der Waals surface area (Å²) >= 11 is 0. The van der Waals surface area contributed by atoms with E-state index in [0.29, 0.717) is 5.39 Å². The van der Waals surface area contributed by atoms with Gasteiger partial charge in [0.25, 0.3) is 5.91 Å². The summed E-state index contributed by atoms with van der Waals surface area (Å²) < 4.78 is 57.2. The van der Waals surface area contributed by atoms with Gasteiger partial charge in [-0.05, 0) is 38.5 Å². The first-order valence-electron chi connectivity index (χ1n) is 11.3. The van der Waals surface area contributed by atoms with Crippen LogP contribution in [0.15, 0.2) is 42.5 Å². The van der Waals surface area contributed by atoms with Crippen molar-refractivity contribution >= 4 is 28.3 Å². The standard InChI is InChI=1S/C26H24F3NO6/c1-4-34-19(31)11-14-9-10-15(12-18(14)27)30-24(32)20-21(25(30)33)23(36-26(28)29)17-8-6-5-7-16(17)22(20)35-13(2)3/h5-10,12-13,24,26,32H,4,11H2,1-3H3. The van der Waals surface area contributed by atoms with Gasteiger partial charge in [-0.3, -0.25) is 14.5 Å². The highest BCUT2D eigenvalue weighted by Crippen LogP contribution is 2.50. The highest BCUT2D eigenvalue weighted by atomic mass is 19.3. The molecule has 7 nitrogen and oxygen atoms in total. The first-order chi connectivity index (χ1) is 17.1. The lowest BCUT2D eigenvalue weighted by atomic mass is 9.98. The summed E-state index contributed by atoms with van der Waals surface area (Å²) in [5.74, 6) is -2.56. The van der Waals surface area contributed by atoms with Crippen LogP contribution in [0.2, 0.25) is 0 Å². The number of benzene rings is 3. The summed E-state index contributed by atoms with van der Waals surface area (Å²) in [6, 6.07) is 9.99. The quantitative estimate of drug-likeness (QED) is 0.430. The maximum atomic E-state index is 14.8. The van der Waals surface area contributed by atoms with Gasteiger partial charge in [0.15, 0.2) is 6.23 Å². The summed E-state index contributed by atoms with van der Waals surface area (Å²) in [5.41, 5.74) is -0.365. The lowest BCUT2D eigenvalue weighted by Gasteiger charge is -2.23. The molecule has 1 N–H and O–H groups in total. The third-order valence-electron chi connectivity index (χ3n) is 5.61. The van der Waals surface area contributed by atoms with Crippen LogP contribution in [0.25, 0.3) is 10.8 Å². The number of rotatable bonds is 8. The number of alkyl halides is 2. The van der Waals surface area contributed by atoms with E-state index >= 15 is 0 Å². The highest BCUT2D eigenvalue weighted by molar-refractivity contribution is 6.17. The van der Waals surface area contributed by atoms with Crippen molar-refractivity contribution in [2.24, 2.45) is 0 Å². The van der Waals surface area contributed by atoms with Gasteiger partial charge < -0.3 is 19.3 Å². The second kappa shape index (κ2) is 10.1. The fourth-order valence-electron chi connectivity index (χ4n) is 4.24. The molecule has 0 fully saturated rings. The molecule has 0 aromatic heterocycles. The smallest absolute Gasteiger partial charge is 0.387 e. The molecule has 3 aromatic carbocycles. The van der Waals surface area contributed by atoms with Crippen molar-refractivity contribution in [3.05, 3.63) is 65.0 Å². The Bertz CT molecular complexity index is 1330. The molecule has 3 aromatic rings. The number of amides is 1. The van der Waals surface area contributed by atoms with Crippen molar-refractivity contribution in [3.63, 3.8) is 0 Å². The van der Waals surface area contributed by atoms with E-state index in [0.717, 1.165) is 11.0 Å². The van der Waals surface area contributed by atoms with E-state index in [1.165, 1.54) is 18.2 Å². The zero-order valence-corrected chi connectivity index (χ0v) is 19.8. The molecule has 4 rings (SSSR count). The molecule has 10 heteroatoms. The Kier molecular flexibility index (Phi) is 7.07. The number of hydrogen-bond donors (Lipinski definition) is 1. The van der Waals surface area contributed by atoms with E-state index in [1.807, 2.05) is 0 Å². The minimum atomic E-state index is -3.24. The van der Waals surface area contributed by atoms with Crippen LogP contribution in [0, 0.1) is 5.82 Å². The molecular formula is C26H24F3NO6. The molecule has 1 atom stereocenters. The molecule has 1 amide bonds. The third-order valence-corrected chi connectivity index (χ3v) is 5.61. The lowest BCUT2D eigenvalue weighted by Crippen LogP contribution is -2.28. The number of aliphatic hydroxyl groups excluding tert-OH is 1. The average molecular weight is 503 g/mol. The van der Waals surface area contributed by atoms with Gasteiger partial charge in [-0.1, -0.05) is 30.3 Å². The second-order valence-electron chi connectivity index (χ2n) is 8.34. The molecular weight excluding hydrogens is 479 g/mol. The van der Waals surface area contributed by atoms with E-state index in [9.17, 15) is 27.9 Å². The van der Waals surface area contributed by atoms with Crippen LogP contribution in [-0.4, -0.2) is 36.3 Å². The second-order valence-corrected chi connectivity index (χ2v) is 8.34. The predicted molar refractivity (Wildman–Crippen MR) is 125 cm³/mol. The number of halogens is 3. The molecule has 1 heterocycles. The molecule has 0 saturated heterocycles. The zero-order chi connectivity index (χ0) is 26.1. The van der Waals surface area contributed by atoms with Crippen LogP contribution in [-0.2, 0) is 16.0 Å². The summed E-state index contributed by atoms with van der Waals surface area (Å²) in [7, 11) is 0. The van der Waals surface area contributed by atoms with Gasteiger partial charge in [0.05, 0.1) is 30.3 Å². The minimum Gasteiger partial charge on any atom is -0.490 e. The van der Waals surface area contributed by atoms with E-state index in [-0.39, 0.29) is 52.6 Å². The van der Waals surface area contributed by atoms with Crippen molar-refractivity contribution in [1.82, 2.24) is 0 Å². The maximum Gasteiger partial charge on any atom is 0.387 e. The third kappa shape index (κ3) is 4.56. The van der Waals surface area contributed by atoms with Crippen LogP contribution < -0.4 is 14.4 Å². The number of esters is 1. The Hall–Kier alpha value is -3.79. The summed E-state index contributed by atoms with van der Waals surface area (Å²) in [4.78, 5) is 26.1. The molecule has 0 spiro atoms. The molecule has 0 saturated carbocycles. The lowest BCUT2D eigenvalue weighted by molar-refractivity contribution is -0.142. The molecule has 1 aliphatic rings. The van der Waals surface area contributed by atoms with Gasteiger partial charge in [0.2, 0.25) is 0 Å². The van der Waals surface area contributed by atoms with E-state index in [4.69, 9.17) is 14.2 Å². The number of aliphatic hydroxyl groups is 1. The van der Waals surface area contributed by atoms with E-state index in [1.54, 1.807) is 39.0 Å². The van der Waals surface area contributed by atoms with Gasteiger partial charge >= 0.3 is 12.6 Å². The van der Waals surface area contributed by atoms with Gasteiger partial charge in [-0.15, -0.1) is 0 Å². The van der Waals surface area contributed by atoms with E-state index < -0.39 is 36.3 Å². The topological polar surface area (TPSA) is 85.3 Å². The molecule has 190 valence electrons. The fraction of sp³-hybridized carbons (Fsp3) is 0.308. The molecule has 1 aliphatic heterocycles. The van der Waals surface area contributed by atoms with Crippen LogP contribution in [0.4, 0.5) is 18.9 Å². The van der Waals surface area contributed by atoms with Crippen LogP contribution >= 0.6 is 0 Å². The van der Waals surface area contributed by atoms with Gasteiger partial charge in [0, 0.05) is 16.5 Å². The largest absolute Gasteiger partial charge is 0.490 e. The van der Waals surface area contributed by atoms with Gasteiger partial charge in [-0.2, -0.15) is 8.78 Å². The van der Waals surface area contributed by atoms with Crippen molar-refractivity contribution in [1.29, 1.82) is 0 Å². The molecule has 0 bridgehead atoms. The minimum absolute atomic E-state index is 0.0344. The summed E-state index contributed by atoms with van der Waals surface area (Å²) in [5, 5.41) is 11.8. The molecule has 0 aliphatic carbocycles. The first-order valence-corrected chi connectivity index (χ1v) is 11.3. The summed E-state index contributed by atoms with van der Waals surface area (Å²) in [6.07, 6.45) is -2.38. The SMILES string of the molecule is CCOC(=O)Cc1ccc(N2C(=O)c3c(c(OC(C)C)c4ccccc4c3OC(F)F)C2O)cc1F. The van der Waals surface area contributed by atoms with Crippen LogP contribution in [0.1, 0.15) is 48.5 Å². The Morgan fingerprint density at radius 2 is 1.75 bits per heavy atom. The zero-order valence-electron chi connectivity index (χ0n) is 19.8. The predicted octanol–water partition coefficient (Wildman–Crippen LogP) is 5.12. The number of anilines is 1. The Morgan fingerprint density at radius 3 is 2.33 bits per heavy atom. The maximum absolute atomic E-state index is 14.8. The van der Waals surface area contributed by atoms with E-state index in [2.05, 4.69) is 0 Å². The monoisotopic (exact) mass is 503 g/mol. The number of carbonyl (C=O) groups is 2. The summed E-state index contributed by atoms with van der Waals surface area (Å²) in [6.45, 7) is 2.01. The van der Waals surface area contributed by atoms with Crippen molar-refractivity contribution in [2.75, 3.05) is 11.5 Å². The van der Waals surface area contributed by atoms with Crippen LogP contribution in [0.5, 0.6) is 11.5 Å². The Balaban J connectivity index is 1.86. The first kappa shape index (κ1) is 25.3. The number of carbonyl (C=O) groups excluding carboxylic acids is 2. The molecule has 1 unspecified atom stereocenters. The number of nitrogens with zero attached hydrogens (tertiary/aromatic N) is 1. The normalized spacial score (nSPS) is 15.1. The van der Waals surface area contributed by atoms with Crippen LogP contribution in [0.3, 0.4) is 0 Å². The van der Waals surface area contributed by atoms with Crippen molar-refractivity contribution < 1.29 is 42.1 Å². The number of fused-ring (bicyclic) bond motifs is 2. The fourth-order valence-corrected chi connectivity index (χ4v) is 4.24. The van der Waals surface area contributed by atoms with Gasteiger partial charge in [0.1, 0.15) is 17.3 Å². The number of ether oxygens (including phenoxy) is 3. The highest BCUT2D eigenvalue weighted by Gasteiger charge is 2.44. The molecule has 0 radical (unpaired) electrons. The van der Waals surface area contributed by atoms with Crippen molar-refractivity contribution in [2.45, 2.75) is 46.1 Å². The van der Waals surface area contributed by atoms with Gasteiger partial charge in [-0.25, -0.2) is 4.39 Å². The number of hydrogen-bond acceptors (Lipinski definition) is 6. The van der Waals surface area contributed by atoms with Crippen molar-refractivity contribution in [3.8, 4) is 11.5 Å².